The molecular formula is C14H22N2OS. The maximum absolute atomic E-state index is 11.4. The predicted octanol–water partition coefficient (Wildman–Crippen LogP) is 2.57. The average Bonchev–Trinajstić information content (AvgIpc) is 2.35. The Morgan fingerprint density at radius 2 is 1.78 bits per heavy atom. The summed E-state index contributed by atoms with van der Waals surface area (Å²) in [4.78, 5) is 12.6. The molecule has 3 nitrogen and oxygen atoms in total. The molecule has 0 aromatic heterocycles. The van der Waals surface area contributed by atoms with Gasteiger partial charge in [-0.2, -0.15) is 0 Å². The van der Waals surface area contributed by atoms with Crippen molar-refractivity contribution in [2.75, 3.05) is 6.26 Å². The Bertz CT molecular complexity index is 389. The molecule has 2 atom stereocenters. The number of nitrogens with one attached hydrogen (secondary N) is 1. The van der Waals surface area contributed by atoms with E-state index in [1.54, 1.807) is 11.8 Å². The van der Waals surface area contributed by atoms with Crippen molar-refractivity contribution in [3.63, 3.8) is 0 Å². The Morgan fingerprint density at radius 1 is 1.22 bits per heavy atom. The Kier molecular flexibility index (Phi) is 5.69. The highest BCUT2D eigenvalue weighted by molar-refractivity contribution is 7.98. The molecule has 3 N–H and O–H groups in total. The van der Waals surface area contributed by atoms with Crippen LogP contribution in [0.25, 0.3) is 0 Å². The van der Waals surface area contributed by atoms with Gasteiger partial charge in [0.1, 0.15) is 0 Å². The summed E-state index contributed by atoms with van der Waals surface area (Å²) in [6.07, 6.45) is 2.05. The molecule has 100 valence electrons. The number of benzene rings is 1. The minimum absolute atomic E-state index is 0.112. The second kappa shape index (κ2) is 6.81. The maximum Gasteiger partial charge on any atom is 0.234 e. The van der Waals surface area contributed by atoms with Crippen molar-refractivity contribution in [1.82, 2.24) is 5.32 Å². The highest BCUT2D eigenvalue weighted by Crippen LogP contribution is 2.20. The van der Waals surface area contributed by atoms with Crippen molar-refractivity contribution in [3.05, 3.63) is 29.8 Å². The number of primary amides is 1. The monoisotopic (exact) mass is 266 g/mol. The Hall–Kier alpha value is -1.00. The molecule has 0 aliphatic heterocycles. The lowest BCUT2D eigenvalue weighted by Gasteiger charge is -2.24. The predicted molar refractivity (Wildman–Crippen MR) is 77.6 cm³/mol. The van der Waals surface area contributed by atoms with Crippen LogP contribution in [0.4, 0.5) is 0 Å². The van der Waals surface area contributed by atoms with E-state index in [1.807, 2.05) is 20.8 Å². The minimum atomic E-state index is -0.294. The van der Waals surface area contributed by atoms with E-state index >= 15 is 0 Å². The van der Waals surface area contributed by atoms with Crippen LogP contribution < -0.4 is 11.1 Å². The zero-order chi connectivity index (χ0) is 13.7. The molecule has 0 saturated carbocycles. The van der Waals surface area contributed by atoms with Crippen molar-refractivity contribution in [2.45, 2.75) is 37.8 Å². The Labute approximate surface area is 114 Å². The van der Waals surface area contributed by atoms with Crippen LogP contribution in [0.3, 0.4) is 0 Å². The molecule has 0 spiro atoms. The van der Waals surface area contributed by atoms with Crippen LogP contribution in [0.15, 0.2) is 29.2 Å². The van der Waals surface area contributed by atoms with Crippen LogP contribution in [-0.4, -0.2) is 18.2 Å². The smallest absolute Gasteiger partial charge is 0.234 e. The largest absolute Gasteiger partial charge is 0.368 e. The van der Waals surface area contributed by atoms with Crippen LogP contribution in [0, 0.1) is 5.92 Å². The third-order valence-corrected chi connectivity index (χ3v) is 3.76. The van der Waals surface area contributed by atoms with E-state index in [-0.39, 0.29) is 23.9 Å². The molecule has 0 fully saturated rings. The maximum atomic E-state index is 11.4. The number of amides is 1. The number of thioether (sulfide) groups is 1. The molecule has 0 aliphatic rings. The SMILES string of the molecule is CSc1ccc(C(C)NC(C(N)=O)C(C)C)cc1. The first-order valence-corrected chi connectivity index (χ1v) is 7.37. The molecule has 18 heavy (non-hydrogen) atoms. The van der Waals surface area contributed by atoms with Gasteiger partial charge in [-0.25, -0.2) is 0 Å². The molecule has 0 bridgehead atoms. The number of hydrogen-bond donors (Lipinski definition) is 2. The van der Waals surface area contributed by atoms with Gasteiger partial charge in [0.05, 0.1) is 6.04 Å². The molecule has 1 aromatic rings. The molecule has 1 amide bonds. The lowest BCUT2D eigenvalue weighted by Crippen LogP contribution is -2.45. The van der Waals surface area contributed by atoms with Gasteiger partial charge in [0.2, 0.25) is 5.91 Å². The van der Waals surface area contributed by atoms with E-state index < -0.39 is 0 Å². The van der Waals surface area contributed by atoms with Crippen molar-refractivity contribution in [1.29, 1.82) is 0 Å². The van der Waals surface area contributed by atoms with Crippen molar-refractivity contribution in [2.24, 2.45) is 11.7 Å². The molecule has 4 heteroatoms. The fourth-order valence-electron chi connectivity index (χ4n) is 1.86. The molecule has 0 radical (unpaired) electrons. The van der Waals surface area contributed by atoms with E-state index in [1.165, 1.54) is 10.5 Å². The number of nitrogens with two attached hydrogens (primary N) is 1. The summed E-state index contributed by atoms with van der Waals surface area (Å²) in [5.74, 6) is -0.104. The quantitative estimate of drug-likeness (QED) is 0.778. The first kappa shape index (κ1) is 15.1. The van der Waals surface area contributed by atoms with Gasteiger partial charge in [-0.3, -0.25) is 10.1 Å². The molecule has 1 aromatic carbocycles. The third kappa shape index (κ3) is 4.03. The van der Waals surface area contributed by atoms with Crippen molar-refractivity contribution < 1.29 is 4.79 Å². The Balaban J connectivity index is 2.73. The van der Waals surface area contributed by atoms with Gasteiger partial charge in [-0.05, 0) is 36.8 Å². The molecule has 0 saturated heterocycles. The Morgan fingerprint density at radius 3 is 2.17 bits per heavy atom. The van der Waals surface area contributed by atoms with Crippen LogP contribution >= 0.6 is 11.8 Å². The summed E-state index contributed by atoms with van der Waals surface area (Å²) in [5.41, 5.74) is 6.57. The van der Waals surface area contributed by atoms with Crippen molar-refractivity contribution in [3.8, 4) is 0 Å². The second-order valence-corrected chi connectivity index (χ2v) is 5.67. The summed E-state index contributed by atoms with van der Waals surface area (Å²) in [6.45, 7) is 6.03. The fraction of sp³-hybridized carbons (Fsp3) is 0.500. The highest BCUT2D eigenvalue weighted by atomic mass is 32.2. The second-order valence-electron chi connectivity index (χ2n) is 4.79. The van der Waals surface area contributed by atoms with Crippen LogP contribution in [-0.2, 0) is 4.79 Å². The standard InChI is InChI=1S/C14H22N2OS/c1-9(2)13(14(15)17)16-10(3)11-5-7-12(18-4)8-6-11/h5-10,13,16H,1-4H3,(H2,15,17). The number of rotatable bonds is 6. The molecule has 0 aliphatic carbocycles. The van der Waals surface area contributed by atoms with Gasteiger partial charge >= 0.3 is 0 Å². The first-order valence-electron chi connectivity index (χ1n) is 6.15. The zero-order valence-corrected chi connectivity index (χ0v) is 12.3. The van der Waals surface area contributed by atoms with E-state index in [4.69, 9.17) is 5.73 Å². The molecule has 2 unspecified atom stereocenters. The number of carbonyl (C=O) groups is 1. The van der Waals surface area contributed by atoms with Crippen LogP contribution in [0.2, 0.25) is 0 Å². The summed E-state index contributed by atoms with van der Waals surface area (Å²) >= 11 is 1.72. The van der Waals surface area contributed by atoms with Crippen molar-refractivity contribution >= 4 is 17.7 Å². The topological polar surface area (TPSA) is 55.1 Å². The summed E-state index contributed by atoms with van der Waals surface area (Å²) < 4.78 is 0. The normalized spacial score (nSPS) is 14.5. The zero-order valence-electron chi connectivity index (χ0n) is 11.4. The van der Waals surface area contributed by atoms with Gasteiger partial charge in [-0.1, -0.05) is 26.0 Å². The first-order chi connectivity index (χ1) is 8.45. The fourth-order valence-corrected chi connectivity index (χ4v) is 2.27. The number of carbonyl (C=O) groups excluding carboxylic acids is 1. The average molecular weight is 266 g/mol. The highest BCUT2D eigenvalue weighted by Gasteiger charge is 2.21. The number of hydrogen-bond acceptors (Lipinski definition) is 3. The van der Waals surface area contributed by atoms with E-state index in [2.05, 4.69) is 35.8 Å². The van der Waals surface area contributed by atoms with Gasteiger partial charge in [0.25, 0.3) is 0 Å². The lowest BCUT2D eigenvalue weighted by atomic mass is 10.0. The minimum Gasteiger partial charge on any atom is -0.368 e. The summed E-state index contributed by atoms with van der Waals surface area (Å²) in [7, 11) is 0. The molecular weight excluding hydrogens is 244 g/mol. The third-order valence-electron chi connectivity index (χ3n) is 3.02. The van der Waals surface area contributed by atoms with Crippen LogP contribution in [0.1, 0.15) is 32.4 Å². The summed E-state index contributed by atoms with van der Waals surface area (Å²) in [5, 5.41) is 3.29. The lowest BCUT2D eigenvalue weighted by molar-refractivity contribution is -0.121. The molecule has 0 heterocycles. The molecule has 1 rings (SSSR count). The summed E-state index contributed by atoms with van der Waals surface area (Å²) in [6, 6.07) is 8.17. The van der Waals surface area contributed by atoms with Gasteiger partial charge in [-0.15, -0.1) is 11.8 Å². The van der Waals surface area contributed by atoms with Crippen LogP contribution in [0.5, 0.6) is 0 Å². The van der Waals surface area contributed by atoms with Gasteiger partial charge < -0.3 is 5.73 Å². The van der Waals surface area contributed by atoms with Gasteiger partial charge in [0.15, 0.2) is 0 Å². The van der Waals surface area contributed by atoms with E-state index in [0.717, 1.165) is 0 Å². The van der Waals surface area contributed by atoms with Gasteiger partial charge in [0, 0.05) is 10.9 Å². The van der Waals surface area contributed by atoms with E-state index in [9.17, 15) is 4.79 Å². The van der Waals surface area contributed by atoms with E-state index in [0.29, 0.717) is 0 Å².